The minimum absolute atomic E-state index is 0.00150. The molecule has 1 saturated heterocycles. The van der Waals surface area contributed by atoms with Crippen LogP contribution in [0.1, 0.15) is 19.3 Å². The second kappa shape index (κ2) is 6.17. The van der Waals surface area contributed by atoms with Gasteiger partial charge in [0.1, 0.15) is 0 Å². The molecule has 6 nitrogen and oxygen atoms in total. The number of hydrogen-bond acceptors (Lipinski definition) is 4. The van der Waals surface area contributed by atoms with Gasteiger partial charge in [-0.05, 0) is 25.8 Å². The molecule has 0 saturated carbocycles. The standard InChI is InChI=1S/C9H19N3O3S/c10-16(14,15)6-2-5-12-9(13)8-3-1-4-11-7-8/h8,11H,1-7H2,(H,12,13)(H2,10,14,15)/t8-/m1/s1. The van der Waals surface area contributed by atoms with Crippen molar-refractivity contribution in [1.29, 1.82) is 0 Å². The van der Waals surface area contributed by atoms with E-state index in [0.717, 1.165) is 19.4 Å². The van der Waals surface area contributed by atoms with Crippen LogP contribution in [0.15, 0.2) is 0 Å². The molecule has 1 aliphatic heterocycles. The predicted molar refractivity (Wildman–Crippen MR) is 61.2 cm³/mol. The van der Waals surface area contributed by atoms with Crippen LogP contribution >= 0.6 is 0 Å². The van der Waals surface area contributed by atoms with Gasteiger partial charge in [-0.3, -0.25) is 4.79 Å². The number of hydrogen-bond donors (Lipinski definition) is 3. The summed E-state index contributed by atoms with van der Waals surface area (Å²) in [6, 6.07) is 0. The predicted octanol–water partition coefficient (Wildman–Crippen LogP) is -1.22. The molecule has 94 valence electrons. The van der Waals surface area contributed by atoms with E-state index in [1.165, 1.54) is 0 Å². The maximum Gasteiger partial charge on any atom is 0.224 e. The minimum atomic E-state index is -3.41. The average molecular weight is 249 g/mol. The van der Waals surface area contributed by atoms with Crippen molar-refractivity contribution in [3.05, 3.63) is 0 Å². The highest BCUT2D eigenvalue weighted by Crippen LogP contribution is 2.09. The Balaban J connectivity index is 2.14. The molecule has 16 heavy (non-hydrogen) atoms. The van der Waals surface area contributed by atoms with Gasteiger partial charge in [-0.2, -0.15) is 0 Å². The van der Waals surface area contributed by atoms with E-state index in [1.54, 1.807) is 0 Å². The minimum Gasteiger partial charge on any atom is -0.356 e. The van der Waals surface area contributed by atoms with Crippen molar-refractivity contribution in [1.82, 2.24) is 10.6 Å². The third-order valence-electron chi connectivity index (χ3n) is 2.57. The molecule has 0 aliphatic carbocycles. The maximum atomic E-state index is 11.6. The van der Waals surface area contributed by atoms with Crippen molar-refractivity contribution in [3.63, 3.8) is 0 Å². The van der Waals surface area contributed by atoms with Crippen LogP contribution in [0.5, 0.6) is 0 Å². The van der Waals surface area contributed by atoms with Gasteiger partial charge in [0.25, 0.3) is 0 Å². The molecule has 1 amide bonds. The summed E-state index contributed by atoms with van der Waals surface area (Å²) in [5.41, 5.74) is 0. The Kier molecular flexibility index (Phi) is 5.17. The summed E-state index contributed by atoms with van der Waals surface area (Å²) >= 11 is 0. The number of rotatable bonds is 5. The molecule has 1 atom stereocenters. The van der Waals surface area contributed by atoms with Crippen LogP contribution in [0.25, 0.3) is 0 Å². The Bertz CT molecular complexity index is 323. The highest BCUT2D eigenvalue weighted by atomic mass is 32.2. The molecule has 0 aromatic rings. The first kappa shape index (κ1) is 13.4. The van der Waals surface area contributed by atoms with Crippen molar-refractivity contribution >= 4 is 15.9 Å². The molecule has 0 radical (unpaired) electrons. The van der Waals surface area contributed by atoms with Gasteiger partial charge in [-0.25, -0.2) is 13.6 Å². The first-order valence-corrected chi connectivity index (χ1v) is 7.19. The summed E-state index contributed by atoms with van der Waals surface area (Å²) in [6.45, 7) is 2.04. The molecule has 1 aliphatic rings. The Morgan fingerprint density at radius 3 is 2.81 bits per heavy atom. The van der Waals surface area contributed by atoms with Gasteiger partial charge in [0.15, 0.2) is 0 Å². The van der Waals surface area contributed by atoms with Crippen LogP contribution in [0, 0.1) is 5.92 Å². The van der Waals surface area contributed by atoms with E-state index in [0.29, 0.717) is 19.5 Å². The van der Waals surface area contributed by atoms with Crippen molar-refractivity contribution in [2.45, 2.75) is 19.3 Å². The number of primary sulfonamides is 1. The summed E-state index contributed by atoms with van der Waals surface area (Å²) in [4.78, 5) is 11.6. The lowest BCUT2D eigenvalue weighted by Crippen LogP contribution is -2.41. The van der Waals surface area contributed by atoms with Crippen LogP contribution < -0.4 is 15.8 Å². The molecular weight excluding hydrogens is 230 g/mol. The molecule has 1 fully saturated rings. The van der Waals surface area contributed by atoms with Crippen molar-refractivity contribution in [2.24, 2.45) is 11.1 Å². The van der Waals surface area contributed by atoms with Crippen molar-refractivity contribution in [3.8, 4) is 0 Å². The SMILES string of the molecule is NS(=O)(=O)CCCNC(=O)[C@@H]1CCCNC1. The first-order valence-electron chi connectivity index (χ1n) is 5.48. The smallest absolute Gasteiger partial charge is 0.224 e. The van der Waals surface area contributed by atoms with Gasteiger partial charge in [0, 0.05) is 13.1 Å². The van der Waals surface area contributed by atoms with E-state index >= 15 is 0 Å². The normalized spacial score (nSPS) is 21.7. The number of carbonyl (C=O) groups is 1. The number of sulfonamides is 1. The molecule has 4 N–H and O–H groups in total. The third-order valence-corrected chi connectivity index (χ3v) is 3.43. The van der Waals surface area contributed by atoms with E-state index in [1.807, 2.05) is 0 Å². The number of piperidine rings is 1. The Morgan fingerprint density at radius 1 is 1.50 bits per heavy atom. The zero-order valence-electron chi connectivity index (χ0n) is 9.24. The Labute approximate surface area is 96.0 Å². The zero-order chi connectivity index (χ0) is 12.0. The largest absolute Gasteiger partial charge is 0.356 e. The highest BCUT2D eigenvalue weighted by Gasteiger charge is 2.20. The van der Waals surface area contributed by atoms with E-state index in [9.17, 15) is 13.2 Å². The molecule has 0 spiro atoms. The monoisotopic (exact) mass is 249 g/mol. The number of nitrogens with one attached hydrogen (secondary N) is 2. The number of carbonyl (C=O) groups excluding carboxylic acids is 1. The zero-order valence-corrected chi connectivity index (χ0v) is 10.1. The van der Waals surface area contributed by atoms with Crippen LogP contribution in [-0.2, 0) is 14.8 Å². The Hall–Kier alpha value is -0.660. The van der Waals surface area contributed by atoms with Gasteiger partial charge in [0.05, 0.1) is 11.7 Å². The van der Waals surface area contributed by atoms with Gasteiger partial charge in [-0.15, -0.1) is 0 Å². The lowest BCUT2D eigenvalue weighted by Gasteiger charge is -2.21. The average Bonchev–Trinajstić information content (AvgIpc) is 2.24. The maximum absolute atomic E-state index is 11.6. The van der Waals surface area contributed by atoms with E-state index in [2.05, 4.69) is 10.6 Å². The highest BCUT2D eigenvalue weighted by molar-refractivity contribution is 7.89. The van der Waals surface area contributed by atoms with Crippen molar-refractivity contribution in [2.75, 3.05) is 25.4 Å². The summed E-state index contributed by atoms with van der Waals surface area (Å²) in [6.07, 6.45) is 2.27. The molecular formula is C9H19N3O3S. The fourth-order valence-electron chi connectivity index (χ4n) is 1.70. The quantitative estimate of drug-likeness (QED) is 0.532. The van der Waals surface area contributed by atoms with Crippen LogP contribution in [-0.4, -0.2) is 39.7 Å². The molecule has 0 unspecified atom stereocenters. The molecule has 0 bridgehead atoms. The second-order valence-electron chi connectivity index (χ2n) is 4.05. The van der Waals surface area contributed by atoms with Gasteiger partial charge >= 0.3 is 0 Å². The molecule has 0 aromatic carbocycles. The van der Waals surface area contributed by atoms with E-state index in [-0.39, 0.29) is 17.6 Å². The lowest BCUT2D eigenvalue weighted by molar-refractivity contribution is -0.125. The summed E-state index contributed by atoms with van der Waals surface area (Å²) in [7, 11) is -3.41. The fourth-order valence-corrected chi connectivity index (χ4v) is 2.25. The van der Waals surface area contributed by atoms with Gasteiger partial charge < -0.3 is 10.6 Å². The molecule has 1 rings (SSSR count). The fraction of sp³-hybridized carbons (Fsp3) is 0.889. The summed E-state index contributed by atoms with van der Waals surface area (Å²) in [5, 5.41) is 10.7. The van der Waals surface area contributed by atoms with Gasteiger partial charge in [-0.1, -0.05) is 0 Å². The molecule has 1 heterocycles. The second-order valence-corrected chi connectivity index (χ2v) is 5.79. The topological polar surface area (TPSA) is 101 Å². The van der Waals surface area contributed by atoms with Crippen LogP contribution in [0.2, 0.25) is 0 Å². The first-order chi connectivity index (χ1) is 7.49. The Morgan fingerprint density at radius 2 is 2.25 bits per heavy atom. The molecule has 0 aromatic heterocycles. The summed E-state index contributed by atoms with van der Waals surface area (Å²) in [5.74, 6) is -0.0687. The van der Waals surface area contributed by atoms with Crippen molar-refractivity contribution < 1.29 is 13.2 Å². The lowest BCUT2D eigenvalue weighted by atomic mass is 9.99. The number of nitrogens with two attached hydrogens (primary N) is 1. The van der Waals surface area contributed by atoms with E-state index in [4.69, 9.17) is 5.14 Å². The van der Waals surface area contributed by atoms with E-state index < -0.39 is 10.0 Å². The third kappa shape index (κ3) is 5.43. The summed E-state index contributed by atoms with van der Waals surface area (Å²) < 4.78 is 21.3. The van der Waals surface area contributed by atoms with Crippen LogP contribution in [0.4, 0.5) is 0 Å². The molecule has 7 heteroatoms. The van der Waals surface area contributed by atoms with Crippen LogP contribution in [0.3, 0.4) is 0 Å². The van der Waals surface area contributed by atoms with Gasteiger partial charge in [0.2, 0.25) is 15.9 Å². The number of amides is 1.